The number of rotatable bonds is 5. The van der Waals surface area contributed by atoms with Gasteiger partial charge in [-0.25, -0.2) is 0 Å². The van der Waals surface area contributed by atoms with Crippen LogP contribution in [0, 0.1) is 10.1 Å². The van der Waals surface area contributed by atoms with Gasteiger partial charge in [-0.3, -0.25) is 19.6 Å². The quantitative estimate of drug-likeness (QED) is 0.591. The SMILES string of the molecule is CC(C)NC(=O)CCn1cc([N+](=O)[O-])cn1. The van der Waals surface area contributed by atoms with E-state index in [0.29, 0.717) is 6.54 Å². The van der Waals surface area contributed by atoms with Gasteiger partial charge in [-0.1, -0.05) is 0 Å². The molecule has 0 atom stereocenters. The molecule has 7 heteroatoms. The highest BCUT2D eigenvalue weighted by Gasteiger charge is 2.09. The highest BCUT2D eigenvalue weighted by atomic mass is 16.6. The minimum absolute atomic E-state index is 0.0655. The topological polar surface area (TPSA) is 90.1 Å². The summed E-state index contributed by atoms with van der Waals surface area (Å²) in [5, 5.41) is 16.9. The van der Waals surface area contributed by atoms with E-state index in [2.05, 4.69) is 10.4 Å². The Balaban J connectivity index is 2.42. The average molecular weight is 226 g/mol. The van der Waals surface area contributed by atoms with Crippen LogP contribution in [0.5, 0.6) is 0 Å². The molecule has 1 heterocycles. The third-order valence-electron chi connectivity index (χ3n) is 1.85. The molecule has 0 saturated heterocycles. The van der Waals surface area contributed by atoms with E-state index in [1.807, 2.05) is 13.8 Å². The summed E-state index contributed by atoms with van der Waals surface area (Å²) in [7, 11) is 0. The molecule has 0 aliphatic carbocycles. The highest BCUT2D eigenvalue weighted by Crippen LogP contribution is 2.07. The lowest BCUT2D eigenvalue weighted by Crippen LogP contribution is -2.30. The minimum atomic E-state index is -0.516. The van der Waals surface area contributed by atoms with Crippen molar-refractivity contribution in [3.8, 4) is 0 Å². The van der Waals surface area contributed by atoms with E-state index in [1.54, 1.807) is 0 Å². The van der Waals surface area contributed by atoms with Gasteiger partial charge in [0.2, 0.25) is 5.91 Å². The molecule has 16 heavy (non-hydrogen) atoms. The van der Waals surface area contributed by atoms with Crippen LogP contribution >= 0.6 is 0 Å². The lowest BCUT2D eigenvalue weighted by molar-refractivity contribution is -0.385. The number of nitro groups is 1. The first-order valence-corrected chi connectivity index (χ1v) is 4.95. The van der Waals surface area contributed by atoms with Crippen molar-refractivity contribution in [1.29, 1.82) is 0 Å². The normalized spacial score (nSPS) is 10.4. The van der Waals surface area contributed by atoms with Crippen LogP contribution in [-0.2, 0) is 11.3 Å². The summed E-state index contributed by atoms with van der Waals surface area (Å²) in [6, 6.07) is 0.0967. The molecule has 0 bridgehead atoms. The summed E-state index contributed by atoms with van der Waals surface area (Å²) in [6.45, 7) is 4.08. The van der Waals surface area contributed by atoms with Gasteiger partial charge in [0, 0.05) is 19.0 Å². The first-order chi connectivity index (χ1) is 7.49. The second kappa shape index (κ2) is 5.24. The minimum Gasteiger partial charge on any atom is -0.354 e. The van der Waals surface area contributed by atoms with Gasteiger partial charge in [0.25, 0.3) is 0 Å². The van der Waals surface area contributed by atoms with Gasteiger partial charge in [0.1, 0.15) is 12.4 Å². The first kappa shape index (κ1) is 12.2. The van der Waals surface area contributed by atoms with Gasteiger partial charge < -0.3 is 5.32 Å². The van der Waals surface area contributed by atoms with Crippen LogP contribution in [0.25, 0.3) is 0 Å². The van der Waals surface area contributed by atoms with E-state index in [1.165, 1.54) is 17.1 Å². The van der Waals surface area contributed by atoms with Crippen molar-refractivity contribution >= 4 is 11.6 Å². The number of carbonyl (C=O) groups is 1. The van der Waals surface area contributed by atoms with Crippen molar-refractivity contribution in [1.82, 2.24) is 15.1 Å². The monoisotopic (exact) mass is 226 g/mol. The standard InChI is InChI=1S/C9H14N4O3/c1-7(2)11-9(14)3-4-12-6-8(5-10-12)13(15)16/h5-7H,3-4H2,1-2H3,(H,11,14). The van der Waals surface area contributed by atoms with Crippen LogP contribution in [0.1, 0.15) is 20.3 Å². The molecule has 0 aliphatic heterocycles. The van der Waals surface area contributed by atoms with E-state index >= 15 is 0 Å². The maximum absolute atomic E-state index is 11.3. The van der Waals surface area contributed by atoms with E-state index in [4.69, 9.17) is 0 Å². The maximum atomic E-state index is 11.3. The molecule has 1 aromatic rings. The predicted octanol–water partition coefficient (Wildman–Crippen LogP) is 0.706. The smallest absolute Gasteiger partial charge is 0.306 e. The zero-order valence-electron chi connectivity index (χ0n) is 9.21. The third kappa shape index (κ3) is 3.68. The fourth-order valence-electron chi connectivity index (χ4n) is 1.18. The Morgan fingerprint density at radius 3 is 2.88 bits per heavy atom. The molecule has 1 aromatic heterocycles. The summed E-state index contributed by atoms with van der Waals surface area (Å²) in [5.74, 6) is -0.0897. The molecular formula is C9H14N4O3. The fraction of sp³-hybridized carbons (Fsp3) is 0.556. The summed E-state index contributed by atoms with van der Waals surface area (Å²) < 4.78 is 1.39. The average Bonchev–Trinajstić information content (AvgIpc) is 2.61. The van der Waals surface area contributed by atoms with Crippen LogP contribution in [0.3, 0.4) is 0 Å². The Hall–Kier alpha value is -1.92. The van der Waals surface area contributed by atoms with Gasteiger partial charge in [0.05, 0.1) is 4.92 Å². The Labute approximate surface area is 92.6 Å². The van der Waals surface area contributed by atoms with Gasteiger partial charge in [-0.15, -0.1) is 0 Å². The van der Waals surface area contributed by atoms with E-state index < -0.39 is 4.92 Å². The number of aryl methyl sites for hydroxylation is 1. The van der Waals surface area contributed by atoms with Crippen molar-refractivity contribution in [2.75, 3.05) is 0 Å². The van der Waals surface area contributed by atoms with Crippen LogP contribution in [0.15, 0.2) is 12.4 Å². The van der Waals surface area contributed by atoms with Crippen LogP contribution < -0.4 is 5.32 Å². The van der Waals surface area contributed by atoms with E-state index in [9.17, 15) is 14.9 Å². The lowest BCUT2D eigenvalue weighted by Gasteiger charge is -2.07. The van der Waals surface area contributed by atoms with Gasteiger partial charge >= 0.3 is 5.69 Å². The van der Waals surface area contributed by atoms with Crippen molar-refractivity contribution in [3.63, 3.8) is 0 Å². The summed E-state index contributed by atoms with van der Waals surface area (Å²) >= 11 is 0. The molecule has 0 radical (unpaired) electrons. The number of amides is 1. The van der Waals surface area contributed by atoms with Crippen LogP contribution in [-0.4, -0.2) is 26.7 Å². The zero-order valence-corrected chi connectivity index (χ0v) is 9.21. The Bertz CT molecular complexity index is 386. The molecule has 0 spiro atoms. The number of nitrogens with zero attached hydrogens (tertiary/aromatic N) is 3. The molecule has 0 fully saturated rings. The van der Waals surface area contributed by atoms with Crippen molar-refractivity contribution < 1.29 is 9.72 Å². The number of carbonyl (C=O) groups excluding carboxylic acids is 1. The molecule has 1 amide bonds. The van der Waals surface area contributed by atoms with Crippen molar-refractivity contribution in [3.05, 3.63) is 22.5 Å². The molecule has 1 N–H and O–H groups in total. The summed E-state index contributed by atoms with van der Waals surface area (Å²) in [5.41, 5.74) is -0.0655. The molecule has 88 valence electrons. The molecule has 1 rings (SSSR count). The molecule has 7 nitrogen and oxygen atoms in total. The van der Waals surface area contributed by atoms with Crippen LogP contribution in [0.2, 0.25) is 0 Å². The van der Waals surface area contributed by atoms with E-state index in [-0.39, 0.29) is 24.1 Å². The predicted molar refractivity (Wildman–Crippen MR) is 56.8 cm³/mol. The number of aromatic nitrogens is 2. The number of nitrogens with one attached hydrogen (secondary N) is 1. The zero-order chi connectivity index (χ0) is 12.1. The van der Waals surface area contributed by atoms with Crippen molar-refractivity contribution in [2.45, 2.75) is 32.9 Å². The fourth-order valence-corrected chi connectivity index (χ4v) is 1.18. The lowest BCUT2D eigenvalue weighted by atomic mass is 10.3. The third-order valence-corrected chi connectivity index (χ3v) is 1.85. The maximum Gasteiger partial charge on any atom is 0.306 e. The summed E-state index contributed by atoms with van der Waals surface area (Å²) in [4.78, 5) is 21.1. The van der Waals surface area contributed by atoms with Gasteiger partial charge in [-0.2, -0.15) is 5.10 Å². The molecular weight excluding hydrogens is 212 g/mol. The second-order valence-corrected chi connectivity index (χ2v) is 3.69. The van der Waals surface area contributed by atoms with Gasteiger partial charge in [-0.05, 0) is 13.8 Å². The Kier molecular flexibility index (Phi) is 3.98. The molecule has 0 saturated carbocycles. The number of hydrogen-bond donors (Lipinski definition) is 1. The Morgan fingerprint density at radius 1 is 1.69 bits per heavy atom. The molecule has 0 aliphatic rings. The highest BCUT2D eigenvalue weighted by molar-refractivity contribution is 5.76. The molecule has 0 unspecified atom stereocenters. The van der Waals surface area contributed by atoms with Crippen LogP contribution in [0.4, 0.5) is 5.69 Å². The van der Waals surface area contributed by atoms with E-state index in [0.717, 1.165) is 0 Å². The second-order valence-electron chi connectivity index (χ2n) is 3.69. The number of hydrogen-bond acceptors (Lipinski definition) is 4. The molecule has 0 aromatic carbocycles. The Morgan fingerprint density at radius 2 is 2.38 bits per heavy atom. The largest absolute Gasteiger partial charge is 0.354 e. The van der Waals surface area contributed by atoms with Crippen molar-refractivity contribution in [2.24, 2.45) is 0 Å². The first-order valence-electron chi connectivity index (χ1n) is 4.95. The summed E-state index contributed by atoms with van der Waals surface area (Å²) in [6.07, 6.45) is 2.74. The van der Waals surface area contributed by atoms with Gasteiger partial charge in [0.15, 0.2) is 0 Å².